The lowest BCUT2D eigenvalue weighted by Gasteiger charge is -2.12. The van der Waals surface area contributed by atoms with Crippen molar-refractivity contribution in [2.45, 2.75) is 38.0 Å². The van der Waals surface area contributed by atoms with Crippen LogP contribution in [0.4, 0.5) is 5.95 Å². The fourth-order valence-electron chi connectivity index (χ4n) is 3.80. The molecule has 2 aromatic heterocycles. The van der Waals surface area contributed by atoms with Crippen molar-refractivity contribution in [2.75, 3.05) is 5.32 Å². The van der Waals surface area contributed by atoms with Crippen molar-refractivity contribution < 1.29 is 5.11 Å². The highest BCUT2D eigenvalue weighted by Crippen LogP contribution is 2.24. The highest BCUT2D eigenvalue weighted by Gasteiger charge is 2.25. The lowest BCUT2D eigenvalue weighted by atomic mass is 10.2. The second kappa shape index (κ2) is 7.51. The van der Waals surface area contributed by atoms with E-state index in [4.69, 9.17) is 23.2 Å². The third kappa shape index (κ3) is 3.56. The molecule has 1 aromatic carbocycles. The summed E-state index contributed by atoms with van der Waals surface area (Å²) in [6.07, 6.45) is 1.86. The van der Waals surface area contributed by atoms with E-state index in [-0.39, 0.29) is 18.7 Å². The van der Waals surface area contributed by atoms with E-state index in [1.165, 1.54) is 4.57 Å². The van der Waals surface area contributed by atoms with E-state index in [0.29, 0.717) is 39.1 Å². The minimum Gasteiger partial charge on any atom is -0.393 e. The molecule has 0 amide bonds. The number of hydrogen-bond donors (Lipinski definition) is 2. The Morgan fingerprint density at radius 1 is 1.17 bits per heavy atom. The second-order valence-corrected chi connectivity index (χ2v) is 8.27. The lowest BCUT2D eigenvalue weighted by molar-refractivity contribution is 0.182. The summed E-state index contributed by atoms with van der Waals surface area (Å²) in [7, 11) is 3.32. The van der Waals surface area contributed by atoms with Crippen LogP contribution in [-0.4, -0.2) is 35.9 Å². The first-order valence-corrected chi connectivity index (χ1v) is 10.1. The van der Waals surface area contributed by atoms with Gasteiger partial charge in [-0.1, -0.05) is 29.3 Å². The summed E-state index contributed by atoms with van der Waals surface area (Å²) in [5.41, 5.74) is 0.443. The van der Waals surface area contributed by atoms with Crippen LogP contribution in [0.5, 0.6) is 0 Å². The Bertz CT molecular complexity index is 1210. The van der Waals surface area contributed by atoms with Gasteiger partial charge in [-0.3, -0.25) is 13.9 Å². The third-order valence-corrected chi connectivity index (χ3v) is 6.16. The van der Waals surface area contributed by atoms with Crippen LogP contribution in [0, 0.1) is 0 Å². The number of benzene rings is 1. The standard InChI is InChI=1S/C19H21Cl2N5O3/c1-24-15-16(23-18(24)22-11-4-5-12(27)8-11)25(2)19(29)26(17(15)28)9-10-3-6-13(20)14(21)7-10/h3,6-7,11-12,27H,4-5,8-9H2,1-2H3,(H,22,23)/t11-,12-/m1/s1. The van der Waals surface area contributed by atoms with Gasteiger partial charge in [-0.25, -0.2) is 4.79 Å². The first-order valence-electron chi connectivity index (χ1n) is 9.31. The van der Waals surface area contributed by atoms with Gasteiger partial charge in [-0.2, -0.15) is 4.98 Å². The summed E-state index contributed by atoms with van der Waals surface area (Å²) in [5.74, 6) is 0.499. The van der Waals surface area contributed by atoms with Gasteiger partial charge in [-0.05, 0) is 37.0 Å². The molecule has 4 rings (SSSR count). The smallest absolute Gasteiger partial charge is 0.332 e. The fourth-order valence-corrected chi connectivity index (χ4v) is 4.12. The van der Waals surface area contributed by atoms with Gasteiger partial charge >= 0.3 is 5.69 Å². The molecule has 0 spiro atoms. The number of nitrogens with one attached hydrogen (secondary N) is 1. The van der Waals surface area contributed by atoms with Crippen molar-refractivity contribution in [2.24, 2.45) is 14.1 Å². The minimum absolute atomic E-state index is 0.0705. The Morgan fingerprint density at radius 2 is 1.93 bits per heavy atom. The number of hydrogen-bond acceptors (Lipinski definition) is 5. The zero-order valence-corrected chi connectivity index (χ0v) is 17.5. The van der Waals surface area contributed by atoms with Crippen LogP contribution in [0.15, 0.2) is 27.8 Å². The third-order valence-electron chi connectivity index (χ3n) is 5.42. The monoisotopic (exact) mass is 437 g/mol. The lowest BCUT2D eigenvalue weighted by Crippen LogP contribution is -2.39. The van der Waals surface area contributed by atoms with Gasteiger partial charge in [0.1, 0.15) is 0 Å². The molecule has 3 aromatic rings. The van der Waals surface area contributed by atoms with E-state index in [2.05, 4.69) is 10.3 Å². The largest absolute Gasteiger partial charge is 0.393 e. The van der Waals surface area contributed by atoms with Gasteiger partial charge in [0.2, 0.25) is 5.95 Å². The number of aromatic nitrogens is 4. The molecular formula is C19H21Cl2N5O3. The molecule has 2 N–H and O–H groups in total. The maximum Gasteiger partial charge on any atom is 0.332 e. The number of nitrogens with zero attached hydrogens (tertiary/aromatic N) is 4. The molecular weight excluding hydrogens is 417 g/mol. The van der Waals surface area contributed by atoms with E-state index in [1.807, 2.05) is 0 Å². The average molecular weight is 438 g/mol. The molecule has 0 bridgehead atoms. The van der Waals surface area contributed by atoms with E-state index >= 15 is 0 Å². The second-order valence-electron chi connectivity index (χ2n) is 7.46. The van der Waals surface area contributed by atoms with Gasteiger partial charge in [0.05, 0.1) is 22.7 Å². The van der Waals surface area contributed by atoms with E-state index in [9.17, 15) is 14.7 Å². The van der Waals surface area contributed by atoms with Crippen LogP contribution in [-0.2, 0) is 20.6 Å². The van der Waals surface area contributed by atoms with Crippen molar-refractivity contribution in [1.82, 2.24) is 18.7 Å². The number of halogens is 2. The Kier molecular flexibility index (Phi) is 5.18. The molecule has 2 heterocycles. The van der Waals surface area contributed by atoms with Crippen LogP contribution in [0.2, 0.25) is 10.0 Å². The predicted molar refractivity (Wildman–Crippen MR) is 113 cm³/mol. The van der Waals surface area contributed by atoms with Crippen molar-refractivity contribution >= 4 is 40.3 Å². The normalized spacial score (nSPS) is 19.2. The van der Waals surface area contributed by atoms with Gasteiger partial charge in [0, 0.05) is 20.1 Å². The molecule has 10 heteroatoms. The van der Waals surface area contributed by atoms with Gasteiger partial charge in [0.25, 0.3) is 5.56 Å². The maximum absolute atomic E-state index is 13.1. The number of aryl methyl sites for hydroxylation is 2. The maximum atomic E-state index is 13.1. The van der Waals surface area contributed by atoms with Gasteiger partial charge in [-0.15, -0.1) is 0 Å². The molecule has 0 aliphatic heterocycles. The van der Waals surface area contributed by atoms with Crippen LogP contribution in [0.1, 0.15) is 24.8 Å². The van der Waals surface area contributed by atoms with Gasteiger partial charge in [0.15, 0.2) is 11.2 Å². The van der Waals surface area contributed by atoms with Crippen molar-refractivity contribution in [3.05, 3.63) is 54.6 Å². The Labute approximate surface area is 176 Å². The first kappa shape index (κ1) is 20.0. The van der Waals surface area contributed by atoms with E-state index in [1.54, 1.807) is 36.9 Å². The van der Waals surface area contributed by atoms with E-state index in [0.717, 1.165) is 17.4 Å². The molecule has 1 aliphatic carbocycles. The van der Waals surface area contributed by atoms with E-state index < -0.39 is 11.2 Å². The highest BCUT2D eigenvalue weighted by atomic mass is 35.5. The number of fused-ring (bicyclic) bond motifs is 1. The van der Waals surface area contributed by atoms with Crippen LogP contribution in [0.25, 0.3) is 11.2 Å². The Morgan fingerprint density at radius 3 is 2.59 bits per heavy atom. The van der Waals surface area contributed by atoms with Crippen LogP contribution < -0.4 is 16.6 Å². The molecule has 0 radical (unpaired) electrons. The summed E-state index contributed by atoms with van der Waals surface area (Å²) < 4.78 is 4.18. The number of aliphatic hydroxyl groups is 1. The zero-order chi connectivity index (χ0) is 20.9. The Balaban J connectivity index is 1.78. The summed E-state index contributed by atoms with van der Waals surface area (Å²) >= 11 is 12.0. The molecule has 154 valence electrons. The fraction of sp³-hybridized carbons (Fsp3) is 0.421. The molecule has 8 nitrogen and oxygen atoms in total. The van der Waals surface area contributed by atoms with Crippen molar-refractivity contribution in [3.8, 4) is 0 Å². The molecule has 1 aliphatic rings. The predicted octanol–water partition coefficient (Wildman–Crippen LogP) is 2.11. The quantitative estimate of drug-likeness (QED) is 0.651. The molecule has 0 unspecified atom stereocenters. The Hall–Kier alpha value is -2.29. The minimum atomic E-state index is -0.463. The molecule has 0 saturated heterocycles. The molecule has 29 heavy (non-hydrogen) atoms. The summed E-state index contributed by atoms with van der Waals surface area (Å²) in [6, 6.07) is 5.08. The molecule has 1 saturated carbocycles. The number of aliphatic hydroxyl groups excluding tert-OH is 1. The first-order chi connectivity index (χ1) is 13.8. The zero-order valence-electron chi connectivity index (χ0n) is 16.0. The summed E-state index contributed by atoms with van der Waals surface area (Å²) in [6.45, 7) is 0.0705. The summed E-state index contributed by atoms with van der Waals surface area (Å²) in [5, 5.41) is 13.8. The highest BCUT2D eigenvalue weighted by molar-refractivity contribution is 6.42. The number of rotatable bonds is 4. The topological polar surface area (TPSA) is 94.1 Å². The SMILES string of the molecule is Cn1c(N[C@@H]2CC[C@@H](O)C2)nc2c1c(=O)n(Cc1ccc(Cl)c(Cl)c1)c(=O)n2C. The van der Waals surface area contributed by atoms with Crippen LogP contribution in [0.3, 0.4) is 0 Å². The van der Waals surface area contributed by atoms with Gasteiger partial charge < -0.3 is 15.0 Å². The van der Waals surface area contributed by atoms with Crippen molar-refractivity contribution in [3.63, 3.8) is 0 Å². The average Bonchev–Trinajstić information content (AvgIpc) is 3.23. The van der Waals surface area contributed by atoms with Crippen LogP contribution >= 0.6 is 23.2 Å². The number of anilines is 1. The number of imidazole rings is 1. The molecule has 2 atom stereocenters. The van der Waals surface area contributed by atoms with Crippen molar-refractivity contribution in [1.29, 1.82) is 0 Å². The molecule has 1 fully saturated rings. The summed E-state index contributed by atoms with van der Waals surface area (Å²) in [4.78, 5) is 30.5.